The molecule has 0 radical (unpaired) electrons. The molecule has 25 heavy (non-hydrogen) atoms. The van der Waals surface area contributed by atoms with Crippen LogP contribution in [0.1, 0.15) is 12.0 Å². The molecule has 4 nitrogen and oxygen atoms in total. The van der Waals surface area contributed by atoms with Crippen LogP contribution in [0.15, 0.2) is 64.0 Å². The Hall–Kier alpha value is -0.730. The minimum Gasteiger partial charge on any atom is -0.372 e. The molecule has 2 aromatic rings. The molecule has 1 heterocycles. The number of rotatable bonds is 4. The van der Waals surface area contributed by atoms with Gasteiger partial charge in [0.15, 0.2) is 0 Å². The summed E-state index contributed by atoms with van der Waals surface area (Å²) >= 11 is 7.02. The number of hydrogen-bond acceptors (Lipinski definition) is 3. The van der Waals surface area contributed by atoms with Crippen LogP contribution in [0, 0.1) is 0 Å². The first-order valence-electron chi connectivity index (χ1n) is 7.90. The molecule has 1 fully saturated rings. The third-order valence-corrected chi connectivity index (χ3v) is 8.12. The average molecular weight is 489 g/mol. The first-order valence-corrected chi connectivity index (χ1v) is 11.1. The second-order valence-corrected chi connectivity index (χ2v) is 9.95. The van der Waals surface area contributed by atoms with E-state index in [2.05, 4.69) is 31.9 Å². The zero-order chi connectivity index (χ0) is 18.1. The summed E-state index contributed by atoms with van der Waals surface area (Å²) in [6.45, 7) is 0.754. The number of hydrogen-bond donors (Lipinski definition) is 0. The molecule has 134 valence electrons. The van der Waals surface area contributed by atoms with Gasteiger partial charge in [-0.2, -0.15) is 4.31 Å². The third-order valence-electron chi connectivity index (χ3n) is 4.68. The lowest BCUT2D eigenvalue weighted by Gasteiger charge is -2.44. The first kappa shape index (κ1) is 19.0. The normalized spacial score (nSPS) is 25.0. The lowest BCUT2D eigenvalue weighted by Crippen LogP contribution is -2.53. The van der Waals surface area contributed by atoms with Gasteiger partial charge in [-0.1, -0.05) is 62.2 Å². The lowest BCUT2D eigenvalue weighted by atomic mass is 9.84. The van der Waals surface area contributed by atoms with Crippen molar-refractivity contribution >= 4 is 41.9 Å². The summed E-state index contributed by atoms with van der Waals surface area (Å²) in [4.78, 5) is 0.159. The van der Waals surface area contributed by atoms with Gasteiger partial charge in [-0.05, 0) is 36.2 Å². The molecular formula is C18H19Br2NO3S. The largest absolute Gasteiger partial charge is 0.372 e. The van der Waals surface area contributed by atoms with E-state index in [-0.39, 0.29) is 4.83 Å². The van der Waals surface area contributed by atoms with E-state index in [1.54, 1.807) is 31.4 Å². The van der Waals surface area contributed by atoms with Crippen molar-refractivity contribution < 1.29 is 13.2 Å². The van der Waals surface area contributed by atoms with Crippen LogP contribution >= 0.6 is 31.9 Å². The van der Waals surface area contributed by atoms with Crippen LogP contribution in [0.2, 0.25) is 0 Å². The maximum Gasteiger partial charge on any atom is 0.243 e. The van der Waals surface area contributed by atoms with Crippen molar-refractivity contribution in [1.29, 1.82) is 0 Å². The molecule has 0 spiro atoms. The van der Waals surface area contributed by atoms with Crippen molar-refractivity contribution in [3.63, 3.8) is 0 Å². The summed E-state index contributed by atoms with van der Waals surface area (Å²) in [5.41, 5.74) is 0.521. The van der Waals surface area contributed by atoms with Crippen LogP contribution in [0.25, 0.3) is 0 Å². The number of benzene rings is 2. The highest BCUT2D eigenvalue weighted by molar-refractivity contribution is 9.10. The van der Waals surface area contributed by atoms with Gasteiger partial charge in [-0.25, -0.2) is 8.42 Å². The number of methoxy groups -OCH3 is 1. The molecule has 7 heteroatoms. The first-order chi connectivity index (χ1) is 11.9. The molecule has 0 bridgehead atoms. The number of halogens is 2. The molecule has 1 saturated heterocycles. The zero-order valence-corrected chi connectivity index (χ0v) is 17.7. The van der Waals surface area contributed by atoms with Crippen molar-refractivity contribution in [3.8, 4) is 0 Å². The van der Waals surface area contributed by atoms with Gasteiger partial charge in [0.25, 0.3) is 0 Å². The molecule has 0 amide bonds. The quantitative estimate of drug-likeness (QED) is 0.607. The van der Waals surface area contributed by atoms with Crippen molar-refractivity contribution in [1.82, 2.24) is 4.31 Å². The maximum atomic E-state index is 12.9. The topological polar surface area (TPSA) is 46.6 Å². The van der Waals surface area contributed by atoms with E-state index in [9.17, 15) is 8.42 Å². The van der Waals surface area contributed by atoms with Gasteiger partial charge in [0, 0.05) is 24.7 Å². The fourth-order valence-corrected chi connectivity index (χ4v) is 6.17. The monoisotopic (exact) mass is 487 g/mol. The maximum absolute atomic E-state index is 12.9. The summed E-state index contributed by atoms with van der Waals surface area (Å²) in [7, 11) is -1.84. The van der Waals surface area contributed by atoms with Crippen molar-refractivity contribution in [2.45, 2.75) is 21.7 Å². The Morgan fingerprint density at radius 3 is 2.32 bits per heavy atom. The SMILES string of the molecule is CO[C@@]1(c2ccccc2)CCN(S(=O)(=O)c2ccc(Br)cc2)C[C@@H]1Br. The van der Waals surface area contributed by atoms with Gasteiger partial charge in [-0.3, -0.25) is 0 Å². The number of nitrogens with zero attached hydrogens (tertiary/aromatic N) is 1. The van der Waals surface area contributed by atoms with Crippen molar-refractivity contribution in [2.24, 2.45) is 0 Å². The second kappa shape index (κ2) is 7.48. The number of piperidine rings is 1. The fraction of sp³-hybridized carbons (Fsp3) is 0.333. The average Bonchev–Trinajstić information content (AvgIpc) is 2.63. The minimum atomic E-state index is -3.53. The van der Waals surface area contributed by atoms with E-state index in [1.165, 1.54) is 4.31 Å². The summed E-state index contributed by atoms with van der Waals surface area (Å²) in [5, 5.41) is 0. The van der Waals surface area contributed by atoms with E-state index < -0.39 is 15.6 Å². The third kappa shape index (κ3) is 3.57. The van der Waals surface area contributed by atoms with Gasteiger partial charge in [0.1, 0.15) is 5.60 Å². The zero-order valence-electron chi connectivity index (χ0n) is 13.7. The summed E-state index contributed by atoms with van der Waals surface area (Å²) in [6.07, 6.45) is 0.583. The van der Waals surface area contributed by atoms with Crippen LogP contribution < -0.4 is 0 Å². The highest BCUT2D eigenvalue weighted by Gasteiger charge is 2.46. The van der Waals surface area contributed by atoms with Crippen LogP contribution in [0.4, 0.5) is 0 Å². The Bertz CT molecular complexity index is 827. The van der Waals surface area contributed by atoms with E-state index in [0.717, 1.165) is 10.0 Å². The van der Waals surface area contributed by atoms with Gasteiger partial charge in [0.2, 0.25) is 10.0 Å². The van der Waals surface area contributed by atoms with E-state index in [1.807, 2.05) is 30.3 Å². The van der Waals surface area contributed by atoms with E-state index in [4.69, 9.17) is 4.74 Å². The predicted octanol–water partition coefficient (Wildman–Crippen LogP) is 4.15. The smallest absolute Gasteiger partial charge is 0.243 e. The summed E-state index contributed by atoms with van der Waals surface area (Å²) in [5.74, 6) is 0. The minimum absolute atomic E-state index is 0.147. The Balaban J connectivity index is 1.87. The molecule has 1 aliphatic heterocycles. The van der Waals surface area contributed by atoms with Crippen LogP contribution in [0.5, 0.6) is 0 Å². The van der Waals surface area contributed by atoms with E-state index in [0.29, 0.717) is 24.4 Å². The Morgan fingerprint density at radius 2 is 1.76 bits per heavy atom. The Kier molecular flexibility index (Phi) is 5.70. The summed E-state index contributed by atoms with van der Waals surface area (Å²) < 4.78 is 34.1. The standard InChI is InChI=1S/C18H19Br2NO3S/c1-24-18(14-5-3-2-4-6-14)11-12-21(13-17(18)20)25(22,23)16-9-7-15(19)8-10-16/h2-10,17H,11-13H2,1H3/t17-,18+/m0/s1. The summed E-state index contributed by atoms with van der Waals surface area (Å²) in [6, 6.07) is 16.7. The van der Waals surface area contributed by atoms with Crippen LogP contribution in [0.3, 0.4) is 0 Å². The highest BCUT2D eigenvalue weighted by atomic mass is 79.9. The molecule has 0 aromatic heterocycles. The van der Waals surface area contributed by atoms with Gasteiger partial charge in [-0.15, -0.1) is 0 Å². The molecule has 0 saturated carbocycles. The van der Waals surface area contributed by atoms with Crippen LogP contribution in [-0.4, -0.2) is 37.7 Å². The molecule has 3 rings (SSSR count). The fourth-order valence-electron chi connectivity index (χ4n) is 3.23. The Labute approximate surface area is 165 Å². The van der Waals surface area contributed by atoms with Gasteiger partial charge in [0.05, 0.1) is 9.72 Å². The predicted molar refractivity (Wildman–Crippen MR) is 105 cm³/mol. The molecule has 0 unspecified atom stereocenters. The second-order valence-electron chi connectivity index (χ2n) is 5.99. The molecule has 2 aromatic carbocycles. The van der Waals surface area contributed by atoms with E-state index >= 15 is 0 Å². The number of alkyl halides is 1. The van der Waals surface area contributed by atoms with Crippen molar-refractivity contribution in [2.75, 3.05) is 20.2 Å². The van der Waals surface area contributed by atoms with Gasteiger partial charge >= 0.3 is 0 Å². The molecule has 1 aliphatic rings. The molecule has 0 aliphatic carbocycles. The molecule has 0 N–H and O–H groups in total. The Morgan fingerprint density at radius 1 is 1.12 bits per heavy atom. The highest BCUT2D eigenvalue weighted by Crippen LogP contribution is 2.41. The van der Waals surface area contributed by atoms with Crippen molar-refractivity contribution in [3.05, 3.63) is 64.6 Å². The molecular weight excluding hydrogens is 470 g/mol. The number of ether oxygens (including phenoxy) is 1. The van der Waals surface area contributed by atoms with Crippen LogP contribution in [-0.2, 0) is 20.4 Å². The number of sulfonamides is 1. The molecule has 2 atom stereocenters. The lowest BCUT2D eigenvalue weighted by molar-refractivity contribution is -0.0431. The van der Waals surface area contributed by atoms with Gasteiger partial charge < -0.3 is 4.74 Å².